The summed E-state index contributed by atoms with van der Waals surface area (Å²) in [4.78, 5) is 18.8. The molecule has 1 aliphatic rings. The van der Waals surface area contributed by atoms with Gasteiger partial charge in [-0.3, -0.25) is 4.79 Å². The van der Waals surface area contributed by atoms with Crippen molar-refractivity contribution >= 4 is 17.4 Å². The van der Waals surface area contributed by atoms with Crippen LogP contribution in [-0.4, -0.2) is 37.7 Å². The smallest absolute Gasteiger partial charge is 0.229 e. The SMILES string of the molecule is COCC(C)C(=O)Nc1cnc(N2CCCCC2)c(C)c1. The van der Waals surface area contributed by atoms with Gasteiger partial charge >= 0.3 is 0 Å². The molecule has 0 bridgehead atoms. The van der Waals surface area contributed by atoms with Crippen LogP contribution >= 0.6 is 0 Å². The van der Waals surface area contributed by atoms with Gasteiger partial charge in [0, 0.05) is 20.2 Å². The average Bonchev–Trinajstić information content (AvgIpc) is 2.48. The van der Waals surface area contributed by atoms with Gasteiger partial charge in [0.2, 0.25) is 5.91 Å². The largest absolute Gasteiger partial charge is 0.384 e. The Morgan fingerprint density at radius 2 is 2.14 bits per heavy atom. The van der Waals surface area contributed by atoms with Crippen molar-refractivity contribution in [2.45, 2.75) is 33.1 Å². The lowest BCUT2D eigenvalue weighted by atomic mass is 10.1. The number of ether oxygens (including phenoxy) is 1. The molecule has 1 aromatic heterocycles. The normalized spacial score (nSPS) is 16.6. The van der Waals surface area contributed by atoms with E-state index in [9.17, 15) is 4.79 Å². The van der Waals surface area contributed by atoms with Crippen molar-refractivity contribution in [3.8, 4) is 0 Å². The molecule has 0 aromatic carbocycles. The summed E-state index contributed by atoms with van der Waals surface area (Å²) in [6.07, 6.45) is 5.51. The van der Waals surface area contributed by atoms with Crippen molar-refractivity contribution in [3.63, 3.8) is 0 Å². The summed E-state index contributed by atoms with van der Waals surface area (Å²) >= 11 is 0. The third-order valence-corrected chi connectivity index (χ3v) is 3.84. The van der Waals surface area contributed by atoms with Crippen molar-refractivity contribution in [3.05, 3.63) is 17.8 Å². The van der Waals surface area contributed by atoms with E-state index in [1.54, 1.807) is 13.3 Å². The summed E-state index contributed by atoms with van der Waals surface area (Å²) in [6, 6.07) is 1.99. The lowest BCUT2D eigenvalue weighted by Crippen LogP contribution is -2.31. The number of anilines is 2. The Morgan fingerprint density at radius 1 is 1.43 bits per heavy atom. The Kier molecular flexibility index (Phi) is 5.56. The summed E-state index contributed by atoms with van der Waals surface area (Å²) in [5.41, 5.74) is 1.86. The number of hydrogen-bond acceptors (Lipinski definition) is 4. The number of nitrogens with one attached hydrogen (secondary N) is 1. The first-order valence-corrected chi connectivity index (χ1v) is 7.63. The predicted octanol–water partition coefficient (Wildman–Crippen LogP) is 2.60. The van der Waals surface area contributed by atoms with Crippen LogP contribution in [0.15, 0.2) is 12.3 Å². The molecule has 2 rings (SSSR count). The first-order valence-electron chi connectivity index (χ1n) is 7.63. The zero-order chi connectivity index (χ0) is 15.2. The zero-order valence-electron chi connectivity index (χ0n) is 13.2. The zero-order valence-corrected chi connectivity index (χ0v) is 13.2. The lowest BCUT2D eigenvalue weighted by molar-refractivity contribution is -0.120. The molecule has 1 aromatic rings. The Labute approximate surface area is 126 Å². The molecule has 21 heavy (non-hydrogen) atoms. The van der Waals surface area contributed by atoms with Gasteiger partial charge in [-0.25, -0.2) is 4.98 Å². The first-order chi connectivity index (χ1) is 10.1. The number of hydrogen-bond donors (Lipinski definition) is 1. The molecular formula is C16H25N3O2. The molecule has 5 heteroatoms. The molecule has 116 valence electrons. The summed E-state index contributed by atoms with van der Waals surface area (Å²) in [5, 5.41) is 2.90. The van der Waals surface area contributed by atoms with E-state index in [0.717, 1.165) is 30.2 Å². The second kappa shape index (κ2) is 7.41. The molecule has 1 aliphatic heterocycles. The Hall–Kier alpha value is -1.62. The van der Waals surface area contributed by atoms with E-state index in [1.807, 2.05) is 19.9 Å². The molecule has 0 saturated carbocycles. The molecule has 1 N–H and O–H groups in total. The first kappa shape index (κ1) is 15.8. The Balaban J connectivity index is 2.03. The van der Waals surface area contributed by atoms with Crippen molar-refractivity contribution < 1.29 is 9.53 Å². The van der Waals surface area contributed by atoms with Gasteiger partial charge < -0.3 is 15.0 Å². The highest BCUT2D eigenvalue weighted by molar-refractivity contribution is 5.92. The molecule has 0 spiro atoms. The average molecular weight is 291 g/mol. The monoisotopic (exact) mass is 291 g/mol. The fourth-order valence-electron chi connectivity index (χ4n) is 2.66. The number of carbonyl (C=O) groups is 1. The van der Waals surface area contributed by atoms with E-state index < -0.39 is 0 Å². The summed E-state index contributed by atoms with van der Waals surface area (Å²) in [5.74, 6) is 0.832. The van der Waals surface area contributed by atoms with Crippen molar-refractivity contribution in [2.75, 3.05) is 37.0 Å². The number of aryl methyl sites for hydroxylation is 1. The number of carbonyl (C=O) groups excluding carboxylic acids is 1. The second-order valence-electron chi connectivity index (χ2n) is 5.76. The van der Waals surface area contributed by atoms with Gasteiger partial charge in [-0.1, -0.05) is 6.92 Å². The van der Waals surface area contributed by atoms with Crippen LogP contribution in [-0.2, 0) is 9.53 Å². The van der Waals surface area contributed by atoms with Crippen LogP contribution in [0.4, 0.5) is 11.5 Å². The topological polar surface area (TPSA) is 54.5 Å². The number of piperidine rings is 1. The highest BCUT2D eigenvalue weighted by atomic mass is 16.5. The van der Waals surface area contributed by atoms with Gasteiger partial charge in [-0.15, -0.1) is 0 Å². The molecule has 1 fully saturated rings. The third kappa shape index (κ3) is 4.17. The van der Waals surface area contributed by atoms with Gasteiger partial charge in [0.25, 0.3) is 0 Å². The third-order valence-electron chi connectivity index (χ3n) is 3.84. The number of rotatable bonds is 5. The fraction of sp³-hybridized carbons (Fsp3) is 0.625. The van der Waals surface area contributed by atoms with Crippen LogP contribution < -0.4 is 10.2 Å². The van der Waals surface area contributed by atoms with Gasteiger partial charge in [0.15, 0.2) is 0 Å². The second-order valence-corrected chi connectivity index (χ2v) is 5.76. The number of aromatic nitrogens is 1. The predicted molar refractivity (Wildman–Crippen MR) is 84.7 cm³/mol. The molecule has 2 heterocycles. The maximum Gasteiger partial charge on any atom is 0.229 e. The number of methoxy groups -OCH3 is 1. The van der Waals surface area contributed by atoms with Gasteiger partial charge in [-0.05, 0) is 37.8 Å². The van der Waals surface area contributed by atoms with Crippen LogP contribution in [0.2, 0.25) is 0 Å². The van der Waals surface area contributed by atoms with Crippen molar-refractivity contribution in [2.24, 2.45) is 5.92 Å². The number of nitrogens with zero attached hydrogens (tertiary/aromatic N) is 2. The number of pyridine rings is 1. The summed E-state index contributed by atoms with van der Waals surface area (Å²) in [6.45, 7) is 6.46. The lowest BCUT2D eigenvalue weighted by Gasteiger charge is -2.29. The van der Waals surface area contributed by atoms with Crippen LogP contribution in [0, 0.1) is 12.8 Å². The molecular weight excluding hydrogens is 266 g/mol. The van der Waals surface area contributed by atoms with Crippen molar-refractivity contribution in [1.82, 2.24) is 4.98 Å². The van der Waals surface area contributed by atoms with E-state index in [1.165, 1.54) is 19.3 Å². The van der Waals surface area contributed by atoms with E-state index in [4.69, 9.17) is 4.74 Å². The summed E-state index contributed by atoms with van der Waals surface area (Å²) in [7, 11) is 1.60. The van der Waals surface area contributed by atoms with Crippen LogP contribution in [0.3, 0.4) is 0 Å². The highest BCUT2D eigenvalue weighted by Crippen LogP contribution is 2.23. The van der Waals surface area contributed by atoms with E-state index in [-0.39, 0.29) is 11.8 Å². The Bertz CT molecular complexity index is 484. The van der Waals surface area contributed by atoms with E-state index >= 15 is 0 Å². The quantitative estimate of drug-likeness (QED) is 0.906. The molecule has 0 radical (unpaired) electrons. The maximum absolute atomic E-state index is 12.0. The van der Waals surface area contributed by atoms with E-state index in [0.29, 0.717) is 6.61 Å². The maximum atomic E-state index is 12.0. The number of amides is 1. The van der Waals surface area contributed by atoms with Crippen molar-refractivity contribution in [1.29, 1.82) is 0 Å². The molecule has 1 amide bonds. The molecule has 5 nitrogen and oxygen atoms in total. The van der Waals surface area contributed by atoms with Crippen LogP contribution in [0.25, 0.3) is 0 Å². The molecule has 1 saturated heterocycles. The van der Waals surface area contributed by atoms with Crippen LogP contribution in [0.5, 0.6) is 0 Å². The van der Waals surface area contributed by atoms with Crippen LogP contribution in [0.1, 0.15) is 31.7 Å². The van der Waals surface area contributed by atoms with E-state index in [2.05, 4.69) is 15.2 Å². The minimum atomic E-state index is -0.169. The van der Waals surface area contributed by atoms with Gasteiger partial charge in [0.05, 0.1) is 24.4 Å². The van der Waals surface area contributed by atoms with Gasteiger partial charge in [0.1, 0.15) is 5.82 Å². The standard InChI is InChI=1S/C16H25N3O2/c1-12-9-14(18-16(20)13(2)11-21-3)10-17-15(12)19-7-5-4-6-8-19/h9-10,13H,4-8,11H2,1-3H3,(H,18,20). The summed E-state index contributed by atoms with van der Waals surface area (Å²) < 4.78 is 5.00. The molecule has 0 aliphatic carbocycles. The minimum absolute atomic E-state index is 0.0382. The Morgan fingerprint density at radius 3 is 2.76 bits per heavy atom. The fourth-order valence-corrected chi connectivity index (χ4v) is 2.66. The minimum Gasteiger partial charge on any atom is -0.384 e. The highest BCUT2D eigenvalue weighted by Gasteiger charge is 2.16. The molecule has 1 unspecified atom stereocenters. The van der Waals surface area contributed by atoms with Gasteiger partial charge in [-0.2, -0.15) is 0 Å². The molecule has 1 atom stereocenters.